The van der Waals surface area contributed by atoms with Gasteiger partial charge in [-0.2, -0.15) is 0 Å². The van der Waals surface area contributed by atoms with E-state index in [-0.39, 0.29) is 6.42 Å². The largest absolute Gasteiger partial charge is 0.480 e. The highest BCUT2D eigenvalue weighted by molar-refractivity contribution is 6.07. The van der Waals surface area contributed by atoms with Gasteiger partial charge in [0.15, 0.2) is 0 Å². The Morgan fingerprint density at radius 2 is 1.94 bits per heavy atom. The molecule has 0 radical (unpaired) electrons. The van der Waals surface area contributed by atoms with E-state index in [9.17, 15) is 14.4 Å². The second-order valence-electron chi connectivity index (χ2n) is 3.88. The van der Waals surface area contributed by atoms with Gasteiger partial charge in [0.1, 0.15) is 6.54 Å². The van der Waals surface area contributed by atoms with Crippen molar-refractivity contribution in [2.24, 2.45) is 0 Å². The number of carboxylic acid groups (broad SMARTS) is 1. The molecule has 17 heavy (non-hydrogen) atoms. The van der Waals surface area contributed by atoms with Crippen molar-refractivity contribution in [2.75, 3.05) is 6.54 Å². The highest BCUT2D eigenvalue weighted by Crippen LogP contribution is 2.29. The van der Waals surface area contributed by atoms with Crippen molar-refractivity contribution < 1.29 is 19.5 Å². The predicted octanol–water partition coefficient (Wildman–Crippen LogP) is 0.614. The Bertz CT molecular complexity index is 469. The summed E-state index contributed by atoms with van der Waals surface area (Å²) in [6.07, 6.45) is 0.0517. The van der Waals surface area contributed by atoms with E-state index in [2.05, 4.69) is 0 Å². The molecule has 0 unspecified atom stereocenters. The molecular formula is C12H11NO4. The standard InChI is InChI=1S/C12H11NO4/c14-10-6-9(8-4-2-1-3-5-8)12(17)13(10)7-11(15)16/h1-5,9H,6-7H2,(H,15,16)/t9-/m0/s1. The van der Waals surface area contributed by atoms with Crippen molar-refractivity contribution in [1.29, 1.82) is 0 Å². The Labute approximate surface area is 97.7 Å². The molecule has 5 nitrogen and oxygen atoms in total. The van der Waals surface area contributed by atoms with Gasteiger partial charge in [-0.15, -0.1) is 0 Å². The Kier molecular flexibility index (Phi) is 2.91. The number of amides is 2. The number of benzene rings is 1. The van der Waals surface area contributed by atoms with Crippen LogP contribution in [0.4, 0.5) is 0 Å². The van der Waals surface area contributed by atoms with Gasteiger partial charge < -0.3 is 5.11 Å². The maximum Gasteiger partial charge on any atom is 0.323 e. The summed E-state index contributed by atoms with van der Waals surface area (Å²) in [6, 6.07) is 8.92. The minimum atomic E-state index is -1.18. The van der Waals surface area contributed by atoms with Crippen LogP contribution in [0.1, 0.15) is 17.9 Å². The van der Waals surface area contributed by atoms with Gasteiger partial charge >= 0.3 is 5.97 Å². The molecule has 1 aliphatic rings. The number of rotatable bonds is 3. The lowest BCUT2D eigenvalue weighted by Crippen LogP contribution is -2.35. The fraction of sp³-hybridized carbons (Fsp3) is 0.250. The Morgan fingerprint density at radius 1 is 1.29 bits per heavy atom. The SMILES string of the molecule is O=C(O)CN1C(=O)C[C@@H](c2ccccc2)C1=O. The molecule has 1 atom stereocenters. The number of hydrogen-bond donors (Lipinski definition) is 1. The van der Waals surface area contributed by atoms with Crippen molar-refractivity contribution in [3.05, 3.63) is 35.9 Å². The molecule has 0 aliphatic carbocycles. The minimum Gasteiger partial charge on any atom is -0.480 e. The number of aliphatic carboxylic acids is 1. The van der Waals surface area contributed by atoms with Gasteiger partial charge in [0.05, 0.1) is 5.92 Å². The molecule has 0 bridgehead atoms. The summed E-state index contributed by atoms with van der Waals surface area (Å²) >= 11 is 0. The highest BCUT2D eigenvalue weighted by Gasteiger charge is 2.40. The average Bonchev–Trinajstić information content (AvgIpc) is 2.58. The first-order valence-corrected chi connectivity index (χ1v) is 5.20. The number of likely N-dealkylation sites (tertiary alicyclic amines) is 1. The van der Waals surface area contributed by atoms with E-state index in [0.29, 0.717) is 0 Å². The van der Waals surface area contributed by atoms with E-state index in [1.807, 2.05) is 6.07 Å². The van der Waals surface area contributed by atoms with Crippen molar-refractivity contribution >= 4 is 17.8 Å². The molecule has 1 aromatic rings. The number of carbonyl (C=O) groups excluding carboxylic acids is 2. The summed E-state index contributed by atoms with van der Waals surface area (Å²) < 4.78 is 0. The second-order valence-corrected chi connectivity index (χ2v) is 3.88. The molecule has 1 aliphatic heterocycles. The van der Waals surface area contributed by atoms with Crippen LogP contribution in [0.25, 0.3) is 0 Å². The van der Waals surface area contributed by atoms with Crippen molar-refractivity contribution in [1.82, 2.24) is 4.90 Å². The van der Waals surface area contributed by atoms with Crippen molar-refractivity contribution in [3.8, 4) is 0 Å². The summed E-state index contributed by atoms with van der Waals surface area (Å²) in [7, 11) is 0. The van der Waals surface area contributed by atoms with E-state index < -0.39 is 30.2 Å². The van der Waals surface area contributed by atoms with Crippen LogP contribution in [0, 0.1) is 0 Å². The molecule has 0 saturated carbocycles. The summed E-state index contributed by atoms with van der Waals surface area (Å²) in [5, 5.41) is 8.62. The molecular weight excluding hydrogens is 222 g/mol. The number of carbonyl (C=O) groups is 3. The van der Waals surface area contributed by atoms with Gasteiger partial charge in [-0.25, -0.2) is 0 Å². The monoisotopic (exact) mass is 233 g/mol. The van der Waals surface area contributed by atoms with Crippen LogP contribution >= 0.6 is 0 Å². The van der Waals surface area contributed by atoms with Gasteiger partial charge in [-0.1, -0.05) is 30.3 Å². The molecule has 88 valence electrons. The summed E-state index contributed by atoms with van der Waals surface area (Å²) in [5.41, 5.74) is 0.749. The van der Waals surface area contributed by atoms with Crippen LogP contribution in [0.3, 0.4) is 0 Å². The lowest BCUT2D eigenvalue weighted by Gasteiger charge is -2.12. The molecule has 0 spiro atoms. The smallest absolute Gasteiger partial charge is 0.323 e. The molecule has 1 heterocycles. The van der Waals surface area contributed by atoms with E-state index in [4.69, 9.17) is 5.11 Å². The Hall–Kier alpha value is -2.17. The highest BCUT2D eigenvalue weighted by atomic mass is 16.4. The number of imide groups is 1. The van der Waals surface area contributed by atoms with Crippen molar-refractivity contribution in [2.45, 2.75) is 12.3 Å². The molecule has 2 amide bonds. The van der Waals surface area contributed by atoms with Crippen LogP contribution in [0.5, 0.6) is 0 Å². The van der Waals surface area contributed by atoms with Gasteiger partial charge in [-0.3, -0.25) is 19.3 Å². The Balaban J connectivity index is 2.22. The number of carboxylic acids is 1. The zero-order valence-corrected chi connectivity index (χ0v) is 9.00. The molecule has 1 saturated heterocycles. The number of nitrogens with zero attached hydrogens (tertiary/aromatic N) is 1. The zero-order chi connectivity index (χ0) is 12.4. The normalized spacial score (nSPS) is 19.8. The van der Waals surface area contributed by atoms with Crippen LogP contribution in [0.2, 0.25) is 0 Å². The van der Waals surface area contributed by atoms with Crippen LogP contribution in [0.15, 0.2) is 30.3 Å². The third-order valence-electron chi connectivity index (χ3n) is 2.74. The lowest BCUT2D eigenvalue weighted by molar-refractivity contribution is -0.148. The van der Waals surface area contributed by atoms with Crippen LogP contribution < -0.4 is 0 Å². The van der Waals surface area contributed by atoms with Gasteiger partial charge in [-0.05, 0) is 5.56 Å². The quantitative estimate of drug-likeness (QED) is 0.776. The fourth-order valence-electron chi connectivity index (χ4n) is 1.93. The van der Waals surface area contributed by atoms with Gasteiger partial charge in [0.2, 0.25) is 11.8 Å². The predicted molar refractivity (Wildman–Crippen MR) is 58.2 cm³/mol. The lowest BCUT2D eigenvalue weighted by atomic mass is 9.98. The second kappa shape index (κ2) is 4.37. The zero-order valence-electron chi connectivity index (χ0n) is 9.00. The fourth-order valence-corrected chi connectivity index (χ4v) is 1.93. The minimum absolute atomic E-state index is 0.0517. The third-order valence-corrected chi connectivity index (χ3v) is 2.74. The number of hydrogen-bond acceptors (Lipinski definition) is 3. The molecule has 2 rings (SSSR count). The first-order valence-electron chi connectivity index (χ1n) is 5.20. The van der Waals surface area contributed by atoms with E-state index in [1.165, 1.54) is 0 Å². The summed E-state index contributed by atoms with van der Waals surface area (Å²) in [5.74, 6) is -2.57. The summed E-state index contributed by atoms with van der Waals surface area (Å²) in [6.45, 7) is -0.555. The maximum absolute atomic E-state index is 11.9. The van der Waals surface area contributed by atoms with Crippen LogP contribution in [-0.4, -0.2) is 34.3 Å². The van der Waals surface area contributed by atoms with Crippen LogP contribution in [-0.2, 0) is 14.4 Å². The van der Waals surface area contributed by atoms with Crippen molar-refractivity contribution in [3.63, 3.8) is 0 Å². The third kappa shape index (κ3) is 2.18. The summed E-state index contributed by atoms with van der Waals surface area (Å²) in [4.78, 5) is 34.8. The maximum atomic E-state index is 11.9. The van der Waals surface area contributed by atoms with Gasteiger partial charge in [0, 0.05) is 6.42 Å². The van der Waals surface area contributed by atoms with E-state index >= 15 is 0 Å². The van der Waals surface area contributed by atoms with E-state index in [1.54, 1.807) is 24.3 Å². The molecule has 0 aromatic heterocycles. The first kappa shape index (κ1) is 11.3. The Morgan fingerprint density at radius 3 is 2.53 bits per heavy atom. The molecule has 5 heteroatoms. The van der Waals surface area contributed by atoms with E-state index in [0.717, 1.165) is 10.5 Å². The topological polar surface area (TPSA) is 74.7 Å². The molecule has 1 N–H and O–H groups in total. The van der Waals surface area contributed by atoms with Gasteiger partial charge in [0.25, 0.3) is 0 Å². The molecule has 1 fully saturated rings. The average molecular weight is 233 g/mol. The first-order chi connectivity index (χ1) is 8.09. The molecule has 1 aromatic carbocycles.